The molecule has 1 N–H and O–H groups in total. The van der Waals surface area contributed by atoms with Crippen LogP contribution in [0.1, 0.15) is 43.0 Å². The molecule has 0 aromatic heterocycles. The van der Waals surface area contributed by atoms with Crippen LogP contribution >= 0.6 is 0 Å². The molecule has 2 atom stereocenters. The summed E-state index contributed by atoms with van der Waals surface area (Å²) in [5, 5.41) is 3.38. The Balaban J connectivity index is 2.25. The quantitative estimate of drug-likeness (QED) is 0.785. The Kier molecular flexibility index (Phi) is 3.37. The molecule has 0 aliphatic carbocycles. The largest absolute Gasteiger partial charge is 0.316 e. The van der Waals surface area contributed by atoms with Crippen LogP contribution in [0.4, 0.5) is 4.39 Å². The zero-order valence-electron chi connectivity index (χ0n) is 9.17. The van der Waals surface area contributed by atoms with E-state index in [-0.39, 0.29) is 0 Å². The predicted molar refractivity (Wildman–Crippen MR) is 60.8 cm³/mol. The maximum atomic E-state index is 13.4. The van der Waals surface area contributed by atoms with Crippen molar-refractivity contribution in [3.8, 4) is 0 Å². The number of nitrogens with one attached hydrogen (secondary N) is 1. The van der Waals surface area contributed by atoms with Crippen molar-refractivity contribution in [2.24, 2.45) is 0 Å². The lowest BCUT2D eigenvalue weighted by Gasteiger charge is -2.25. The molecule has 1 nitrogen and oxygen atoms in total. The monoisotopic (exact) mass is 207 g/mol. The molecule has 1 fully saturated rings. The second kappa shape index (κ2) is 4.75. The van der Waals surface area contributed by atoms with Crippen molar-refractivity contribution in [1.29, 1.82) is 0 Å². The number of hydrogen-bond acceptors (Lipinski definition) is 1. The average molecular weight is 207 g/mol. The van der Waals surface area contributed by atoms with Gasteiger partial charge in [0.25, 0.3) is 0 Å². The smallest absolute Gasteiger partial charge is 0.123 e. The SMILES string of the molecule is CC(F)c1ccccc1C1CCCNC1. The first-order valence-corrected chi connectivity index (χ1v) is 5.72. The number of rotatable bonds is 2. The number of alkyl halides is 1. The zero-order valence-corrected chi connectivity index (χ0v) is 9.17. The highest BCUT2D eigenvalue weighted by Gasteiger charge is 2.19. The highest BCUT2D eigenvalue weighted by Crippen LogP contribution is 2.30. The number of benzene rings is 1. The average Bonchev–Trinajstić information content (AvgIpc) is 2.30. The number of hydrogen-bond donors (Lipinski definition) is 1. The van der Waals surface area contributed by atoms with Gasteiger partial charge in [-0.25, -0.2) is 4.39 Å². The fraction of sp³-hybridized carbons (Fsp3) is 0.538. The van der Waals surface area contributed by atoms with Gasteiger partial charge in [-0.1, -0.05) is 24.3 Å². The number of halogens is 1. The highest BCUT2D eigenvalue weighted by molar-refractivity contribution is 5.32. The summed E-state index contributed by atoms with van der Waals surface area (Å²) in [5.41, 5.74) is 2.06. The lowest BCUT2D eigenvalue weighted by Crippen LogP contribution is -2.28. The van der Waals surface area contributed by atoms with E-state index in [1.54, 1.807) is 6.92 Å². The van der Waals surface area contributed by atoms with Crippen LogP contribution in [-0.4, -0.2) is 13.1 Å². The van der Waals surface area contributed by atoms with E-state index in [9.17, 15) is 4.39 Å². The molecule has 2 unspecified atom stereocenters. The third-order valence-electron chi connectivity index (χ3n) is 3.16. The van der Waals surface area contributed by atoms with E-state index in [2.05, 4.69) is 11.4 Å². The van der Waals surface area contributed by atoms with Gasteiger partial charge in [-0.05, 0) is 43.4 Å². The van der Waals surface area contributed by atoms with Crippen LogP contribution in [0.25, 0.3) is 0 Å². The molecule has 1 heterocycles. The van der Waals surface area contributed by atoms with Crippen molar-refractivity contribution in [3.05, 3.63) is 35.4 Å². The normalized spacial score (nSPS) is 23.7. The summed E-state index contributed by atoms with van der Waals surface area (Å²) in [5.74, 6) is 0.494. The molecular formula is C13H18FN. The molecular weight excluding hydrogens is 189 g/mol. The summed E-state index contributed by atoms with van der Waals surface area (Å²) >= 11 is 0. The van der Waals surface area contributed by atoms with Crippen LogP contribution in [0.15, 0.2) is 24.3 Å². The minimum Gasteiger partial charge on any atom is -0.316 e. The van der Waals surface area contributed by atoms with Crippen LogP contribution in [-0.2, 0) is 0 Å². The van der Waals surface area contributed by atoms with E-state index < -0.39 is 6.17 Å². The fourth-order valence-electron chi connectivity index (χ4n) is 2.36. The summed E-state index contributed by atoms with van der Waals surface area (Å²) in [6.07, 6.45) is 1.51. The van der Waals surface area contributed by atoms with Crippen LogP contribution in [0.5, 0.6) is 0 Å². The highest BCUT2D eigenvalue weighted by atomic mass is 19.1. The Bertz CT molecular complexity index is 316. The van der Waals surface area contributed by atoms with Crippen LogP contribution < -0.4 is 5.32 Å². The molecule has 2 rings (SSSR count). The first-order valence-electron chi connectivity index (χ1n) is 5.72. The molecule has 0 spiro atoms. The van der Waals surface area contributed by atoms with Crippen LogP contribution in [0.2, 0.25) is 0 Å². The van der Waals surface area contributed by atoms with Crippen molar-refractivity contribution in [2.75, 3.05) is 13.1 Å². The van der Waals surface area contributed by atoms with Gasteiger partial charge < -0.3 is 5.32 Å². The van der Waals surface area contributed by atoms with Crippen molar-refractivity contribution < 1.29 is 4.39 Å². The molecule has 1 aliphatic rings. The Hall–Kier alpha value is -0.890. The molecule has 0 radical (unpaired) electrons. The lowest BCUT2D eigenvalue weighted by atomic mass is 9.87. The molecule has 0 bridgehead atoms. The summed E-state index contributed by atoms with van der Waals surface area (Å²) in [6, 6.07) is 7.92. The van der Waals surface area contributed by atoms with E-state index in [0.29, 0.717) is 5.92 Å². The van der Waals surface area contributed by atoms with Gasteiger partial charge in [0.15, 0.2) is 0 Å². The van der Waals surface area contributed by atoms with Crippen molar-refractivity contribution in [3.63, 3.8) is 0 Å². The Morgan fingerprint density at radius 2 is 2.20 bits per heavy atom. The first-order chi connectivity index (χ1) is 7.29. The summed E-state index contributed by atoms with van der Waals surface area (Å²) in [6.45, 7) is 3.71. The van der Waals surface area contributed by atoms with Crippen molar-refractivity contribution >= 4 is 0 Å². The molecule has 1 aromatic carbocycles. The van der Waals surface area contributed by atoms with E-state index in [4.69, 9.17) is 0 Å². The molecule has 82 valence electrons. The first kappa shape index (κ1) is 10.6. The van der Waals surface area contributed by atoms with Gasteiger partial charge in [0.05, 0.1) is 0 Å². The van der Waals surface area contributed by atoms with Gasteiger partial charge in [0, 0.05) is 6.54 Å². The van der Waals surface area contributed by atoms with E-state index in [1.165, 1.54) is 18.4 Å². The molecule has 1 aliphatic heterocycles. The second-order valence-electron chi connectivity index (χ2n) is 4.29. The summed E-state index contributed by atoms with van der Waals surface area (Å²) in [7, 11) is 0. The topological polar surface area (TPSA) is 12.0 Å². The zero-order chi connectivity index (χ0) is 10.7. The van der Waals surface area contributed by atoms with Gasteiger partial charge in [-0.2, -0.15) is 0 Å². The molecule has 0 amide bonds. The van der Waals surface area contributed by atoms with Gasteiger partial charge >= 0.3 is 0 Å². The lowest BCUT2D eigenvalue weighted by molar-refractivity contribution is 0.366. The predicted octanol–water partition coefficient (Wildman–Crippen LogP) is 3.18. The van der Waals surface area contributed by atoms with Gasteiger partial charge in [-0.3, -0.25) is 0 Å². The maximum absolute atomic E-state index is 13.4. The Morgan fingerprint density at radius 1 is 1.40 bits per heavy atom. The van der Waals surface area contributed by atoms with Crippen molar-refractivity contribution in [2.45, 2.75) is 31.9 Å². The van der Waals surface area contributed by atoms with Gasteiger partial charge in [-0.15, -0.1) is 0 Å². The molecule has 0 saturated carbocycles. The minimum absolute atomic E-state index is 0.494. The minimum atomic E-state index is -0.858. The molecule has 1 aromatic rings. The third kappa shape index (κ3) is 2.37. The maximum Gasteiger partial charge on any atom is 0.123 e. The van der Waals surface area contributed by atoms with Gasteiger partial charge in [0.1, 0.15) is 6.17 Å². The Morgan fingerprint density at radius 3 is 2.87 bits per heavy atom. The third-order valence-corrected chi connectivity index (χ3v) is 3.16. The van der Waals surface area contributed by atoms with Gasteiger partial charge in [0.2, 0.25) is 0 Å². The molecule has 15 heavy (non-hydrogen) atoms. The van der Waals surface area contributed by atoms with E-state index in [1.807, 2.05) is 18.2 Å². The summed E-state index contributed by atoms with van der Waals surface area (Å²) < 4.78 is 13.4. The second-order valence-corrected chi connectivity index (χ2v) is 4.29. The van der Waals surface area contributed by atoms with Crippen molar-refractivity contribution in [1.82, 2.24) is 5.32 Å². The molecule has 1 saturated heterocycles. The van der Waals surface area contributed by atoms with Crippen LogP contribution in [0.3, 0.4) is 0 Å². The van der Waals surface area contributed by atoms with Crippen LogP contribution in [0, 0.1) is 0 Å². The standard InChI is InChI=1S/C13H18FN/c1-10(14)12-6-2-3-7-13(12)11-5-4-8-15-9-11/h2-3,6-7,10-11,15H,4-5,8-9H2,1H3. The fourth-order valence-corrected chi connectivity index (χ4v) is 2.36. The molecule has 2 heteroatoms. The number of piperidine rings is 1. The van der Waals surface area contributed by atoms with E-state index >= 15 is 0 Å². The Labute approximate surface area is 90.7 Å². The van der Waals surface area contributed by atoms with E-state index in [0.717, 1.165) is 18.7 Å². The summed E-state index contributed by atoms with van der Waals surface area (Å²) in [4.78, 5) is 0.